The molecule has 0 aromatic heterocycles. The largest absolute Gasteiger partial charge is 0.465 e. The number of ether oxygens (including phenoxy) is 2. The molecule has 1 aromatic rings. The Kier molecular flexibility index (Phi) is 5.20. The lowest BCUT2D eigenvalue weighted by Crippen LogP contribution is -2.07. The average molecular weight is 236 g/mol. The molecule has 92 valence electrons. The molecule has 1 rings (SSSR count). The van der Waals surface area contributed by atoms with Gasteiger partial charge in [0, 0.05) is 0 Å². The van der Waals surface area contributed by atoms with Crippen LogP contribution in [0.25, 0.3) is 0 Å². The van der Waals surface area contributed by atoms with E-state index < -0.39 is 5.97 Å². The van der Waals surface area contributed by atoms with E-state index in [9.17, 15) is 9.59 Å². The number of carbonyl (C=O) groups is 2. The van der Waals surface area contributed by atoms with E-state index in [0.29, 0.717) is 17.7 Å². The third kappa shape index (κ3) is 3.90. The minimum atomic E-state index is -0.420. The van der Waals surface area contributed by atoms with Crippen LogP contribution < -0.4 is 0 Å². The zero-order valence-corrected chi connectivity index (χ0v) is 10.1. The van der Waals surface area contributed by atoms with Gasteiger partial charge < -0.3 is 9.47 Å². The Morgan fingerprint density at radius 2 is 1.59 bits per heavy atom. The molecule has 4 nitrogen and oxygen atoms in total. The van der Waals surface area contributed by atoms with Gasteiger partial charge in [-0.15, -0.1) is 0 Å². The number of hydrogen-bond donors (Lipinski definition) is 0. The molecule has 0 aliphatic carbocycles. The van der Waals surface area contributed by atoms with Crippen molar-refractivity contribution in [1.29, 1.82) is 0 Å². The second kappa shape index (κ2) is 6.68. The van der Waals surface area contributed by atoms with Gasteiger partial charge in [-0.25, -0.2) is 9.59 Å². The molecule has 1 aromatic carbocycles. The zero-order chi connectivity index (χ0) is 12.7. The van der Waals surface area contributed by atoms with Gasteiger partial charge in [-0.05, 0) is 30.7 Å². The van der Waals surface area contributed by atoms with Gasteiger partial charge in [-0.2, -0.15) is 0 Å². The summed E-state index contributed by atoms with van der Waals surface area (Å²) in [5.41, 5.74) is 0.853. The van der Waals surface area contributed by atoms with Gasteiger partial charge in [0.1, 0.15) is 0 Å². The molecular weight excluding hydrogens is 220 g/mol. The van der Waals surface area contributed by atoms with Gasteiger partial charge in [0.15, 0.2) is 0 Å². The Morgan fingerprint density at radius 1 is 1.06 bits per heavy atom. The third-order valence-electron chi connectivity index (χ3n) is 2.27. The van der Waals surface area contributed by atoms with Crippen LogP contribution >= 0.6 is 0 Å². The van der Waals surface area contributed by atoms with Crippen LogP contribution in [0.1, 0.15) is 40.5 Å². The third-order valence-corrected chi connectivity index (χ3v) is 2.27. The van der Waals surface area contributed by atoms with Crippen LogP contribution in [0.2, 0.25) is 0 Å². The summed E-state index contributed by atoms with van der Waals surface area (Å²) in [7, 11) is 1.31. The first-order valence-electron chi connectivity index (χ1n) is 5.54. The molecule has 0 N–H and O–H groups in total. The fraction of sp³-hybridized carbons (Fsp3) is 0.385. The van der Waals surface area contributed by atoms with Crippen molar-refractivity contribution >= 4 is 11.9 Å². The zero-order valence-electron chi connectivity index (χ0n) is 10.1. The maximum atomic E-state index is 11.5. The normalized spacial score (nSPS) is 9.76. The fourth-order valence-corrected chi connectivity index (χ4v) is 1.25. The molecule has 0 unspecified atom stereocenters. The number of unbranched alkanes of at least 4 members (excludes halogenated alkanes) is 1. The summed E-state index contributed by atoms with van der Waals surface area (Å²) < 4.78 is 9.60. The molecule has 0 fully saturated rings. The van der Waals surface area contributed by atoms with E-state index in [0.717, 1.165) is 12.8 Å². The van der Waals surface area contributed by atoms with Gasteiger partial charge in [-0.3, -0.25) is 0 Å². The summed E-state index contributed by atoms with van der Waals surface area (Å²) in [5.74, 6) is -0.786. The Bertz CT molecular complexity index is 381. The standard InChI is InChI=1S/C13H16O4/c1-3-4-9-17-13(15)11-7-5-10(6-8-11)12(14)16-2/h5-8H,3-4,9H2,1-2H3. The predicted octanol–water partition coefficient (Wildman–Crippen LogP) is 2.43. The summed E-state index contributed by atoms with van der Waals surface area (Å²) in [6, 6.07) is 6.20. The first-order chi connectivity index (χ1) is 8.19. The van der Waals surface area contributed by atoms with Crippen LogP contribution in [0, 0.1) is 0 Å². The molecule has 0 spiro atoms. The van der Waals surface area contributed by atoms with E-state index in [1.165, 1.54) is 7.11 Å². The summed E-state index contributed by atoms with van der Waals surface area (Å²) in [4.78, 5) is 22.7. The number of benzene rings is 1. The lowest BCUT2D eigenvalue weighted by atomic mass is 10.1. The van der Waals surface area contributed by atoms with Crippen LogP contribution in [0.3, 0.4) is 0 Å². The average Bonchev–Trinajstić information content (AvgIpc) is 2.38. The van der Waals surface area contributed by atoms with Crippen molar-refractivity contribution in [2.24, 2.45) is 0 Å². The maximum absolute atomic E-state index is 11.5. The number of esters is 2. The summed E-state index contributed by atoms with van der Waals surface area (Å²) >= 11 is 0. The summed E-state index contributed by atoms with van der Waals surface area (Å²) in [6.45, 7) is 2.45. The monoisotopic (exact) mass is 236 g/mol. The SMILES string of the molecule is CCCCOC(=O)c1ccc(C(=O)OC)cc1. The highest BCUT2D eigenvalue weighted by molar-refractivity contribution is 5.93. The minimum Gasteiger partial charge on any atom is -0.465 e. The molecule has 0 bridgehead atoms. The molecule has 0 aliphatic rings. The Balaban J connectivity index is 2.61. The lowest BCUT2D eigenvalue weighted by molar-refractivity contribution is 0.0498. The minimum absolute atomic E-state index is 0.366. The Morgan fingerprint density at radius 3 is 2.06 bits per heavy atom. The summed E-state index contributed by atoms with van der Waals surface area (Å²) in [6.07, 6.45) is 1.83. The Labute approximate surface area is 101 Å². The molecule has 0 radical (unpaired) electrons. The molecule has 0 aliphatic heterocycles. The number of methoxy groups -OCH3 is 1. The van der Waals surface area contributed by atoms with Gasteiger partial charge >= 0.3 is 11.9 Å². The molecule has 0 amide bonds. The topological polar surface area (TPSA) is 52.6 Å². The number of hydrogen-bond acceptors (Lipinski definition) is 4. The highest BCUT2D eigenvalue weighted by atomic mass is 16.5. The van der Waals surface area contributed by atoms with Gasteiger partial charge in [0.25, 0.3) is 0 Å². The van der Waals surface area contributed by atoms with E-state index in [1.54, 1.807) is 24.3 Å². The van der Waals surface area contributed by atoms with Crippen molar-refractivity contribution in [3.8, 4) is 0 Å². The molecular formula is C13H16O4. The smallest absolute Gasteiger partial charge is 0.338 e. The lowest BCUT2D eigenvalue weighted by Gasteiger charge is -2.04. The van der Waals surface area contributed by atoms with Crippen molar-refractivity contribution in [3.63, 3.8) is 0 Å². The maximum Gasteiger partial charge on any atom is 0.338 e. The first kappa shape index (κ1) is 13.2. The second-order valence-corrected chi connectivity index (χ2v) is 3.56. The Hall–Kier alpha value is -1.84. The number of carbonyl (C=O) groups excluding carboxylic acids is 2. The number of rotatable bonds is 5. The van der Waals surface area contributed by atoms with Crippen molar-refractivity contribution in [2.75, 3.05) is 13.7 Å². The van der Waals surface area contributed by atoms with Gasteiger partial charge in [0.2, 0.25) is 0 Å². The quantitative estimate of drug-likeness (QED) is 0.582. The molecule has 4 heteroatoms. The molecule has 0 saturated heterocycles. The second-order valence-electron chi connectivity index (χ2n) is 3.56. The van der Waals surface area contributed by atoms with E-state index in [-0.39, 0.29) is 5.97 Å². The van der Waals surface area contributed by atoms with Gasteiger partial charge in [-0.1, -0.05) is 13.3 Å². The highest BCUT2D eigenvalue weighted by Crippen LogP contribution is 2.07. The molecule has 0 heterocycles. The fourth-order valence-electron chi connectivity index (χ4n) is 1.25. The van der Waals surface area contributed by atoms with Gasteiger partial charge in [0.05, 0.1) is 24.8 Å². The van der Waals surface area contributed by atoms with Crippen LogP contribution in [0.15, 0.2) is 24.3 Å². The first-order valence-corrected chi connectivity index (χ1v) is 5.54. The molecule has 0 saturated carbocycles. The van der Waals surface area contributed by atoms with Crippen LogP contribution in [0.5, 0.6) is 0 Å². The van der Waals surface area contributed by atoms with Crippen molar-refractivity contribution in [3.05, 3.63) is 35.4 Å². The van der Waals surface area contributed by atoms with Crippen molar-refractivity contribution < 1.29 is 19.1 Å². The predicted molar refractivity (Wildman–Crippen MR) is 63.0 cm³/mol. The van der Waals surface area contributed by atoms with Crippen LogP contribution in [-0.4, -0.2) is 25.7 Å². The highest BCUT2D eigenvalue weighted by Gasteiger charge is 2.09. The van der Waals surface area contributed by atoms with Crippen molar-refractivity contribution in [1.82, 2.24) is 0 Å². The summed E-state index contributed by atoms with van der Waals surface area (Å²) in [5, 5.41) is 0. The van der Waals surface area contributed by atoms with E-state index >= 15 is 0 Å². The van der Waals surface area contributed by atoms with Crippen molar-refractivity contribution in [2.45, 2.75) is 19.8 Å². The van der Waals surface area contributed by atoms with Crippen LogP contribution in [-0.2, 0) is 9.47 Å². The molecule has 17 heavy (non-hydrogen) atoms. The van der Waals surface area contributed by atoms with E-state index in [2.05, 4.69) is 4.74 Å². The van der Waals surface area contributed by atoms with E-state index in [1.807, 2.05) is 6.92 Å². The van der Waals surface area contributed by atoms with E-state index in [4.69, 9.17) is 4.74 Å². The molecule has 0 atom stereocenters. The van der Waals surface area contributed by atoms with Crippen LogP contribution in [0.4, 0.5) is 0 Å².